The lowest BCUT2D eigenvalue weighted by Gasteiger charge is -1.97. The Hall–Kier alpha value is -1.61. The molecule has 0 saturated carbocycles. The molecular weight excluding hydrogens is 206 g/mol. The topological polar surface area (TPSA) is 43.1 Å². The van der Waals surface area contributed by atoms with Crippen molar-refractivity contribution in [3.05, 3.63) is 46.8 Å². The molecule has 0 aliphatic rings. The molecule has 76 valence electrons. The van der Waals surface area contributed by atoms with E-state index in [1.807, 2.05) is 25.1 Å². The average Bonchev–Trinajstić information content (AvgIpc) is 2.68. The van der Waals surface area contributed by atoms with Crippen molar-refractivity contribution in [3.8, 4) is 10.4 Å². The molecule has 0 saturated heterocycles. The predicted molar refractivity (Wildman–Crippen MR) is 63.0 cm³/mol. The summed E-state index contributed by atoms with van der Waals surface area (Å²) >= 11 is 1.43. The number of amides is 1. The number of thiophene rings is 1. The maximum atomic E-state index is 10.9. The van der Waals surface area contributed by atoms with Crippen molar-refractivity contribution in [1.29, 1.82) is 0 Å². The van der Waals surface area contributed by atoms with E-state index in [0.29, 0.717) is 4.88 Å². The van der Waals surface area contributed by atoms with Gasteiger partial charge < -0.3 is 5.73 Å². The summed E-state index contributed by atoms with van der Waals surface area (Å²) < 4.78 is 0. The molecule has 0 aliphatic carbocycles. The van der Waals surface area contributed by atoms with Crippen LogP contribution in [0.25, 0.3) is 10.4 Å². The first kappa shape index (κ1) is 9.93. The van der Waals surface area contributed by atoms with Gasteiger partial charge in [0.1, 0.15) is 0 Å². The van der Waals surface area contributed by atoms with Crippen LogP contribution in [-0.2, 0) is 0 Å². The summed E-state index contributed by atoms with van der Waals surface area (Å²) in [5.41, 5.74) is 7.55. The normalized spacial score (nSPS) is 10.2. The third-order valence-electron chi connectivity index (χ3n) is 2.18. The minimum atomic E-state index is -0.363. The highest BCUT2D eigenvalue weighted by molar-refractivity contribution is 7.17. The molecule has 0 atom stereocenters. The zero-order chi connectivity index (χ0) is 10.8. The van der Waals surface area contributed by atoms with Crippen LogP contribution in [0.5, 0.6) is 0 Å². The number of rotatable bonds is 2. The second-order valence-corrected chi connectivity index (χ2v) is 4.48. The third kappa shape index (κ3) is 2.07. The highest BCUT2D eigenvalue weighted by Gasteiger charge is 2.06. The van der Waals surface area contributed by atoms with E-state index >= 15 is 0 Å². The van der Waals surface area contributed by atoms with Crippen LogP contribution in [-0.4, -0.2) is 5.91 Å². The molecule has 1 amide bonds. The molecule has 15 heavy (non-hydrogen) atoms. The van der Waals surface area contributed by atoms with Crippen molar-refractivity contribution in [3.63, 3.8) is 0 Å². The monoisotopic (exact) mass is 217 g/mol. The standard InChI is InChI=1S/C12H11NOS/c1-8-2-4-9(5-3-8)10-6-7-11(15-10)12(13)14/h2-7H,1H3,(H2,13,14). The maximum absolute atomic E-state index is 10.9. The molecule has 0 fully saturated rings. The fourth-order valence-electron chi connectivity index (χ4n) is 1.34. The first-order valence-electron chi connectivity index (χ1n) is 4.63. The lowest BCUT2D eigenvalue weighted by atomic mass is 10.1. The number of carbonyl (C=O) groups excluding carboxylic acids is 1. The second-order valence-electron chi connectivity index (χ2n) is 3.39. The van der Waals surface area contributed by atoms with Gasteiger partial charge in [0, 0.05) is 4.88 Å². The minimum Gasteiger partial charge on any atom is -0.365 e. The fraction of sp³-hybridized carbons (Fsp3) is 0.0833. The number of nitrogens with two attached hydrogens (primary N) is 1. The zero-order valence-corrected chi connectivity index (χ0v) is 9.17. The van der Waals surface area contributed by atoms with Gasteiger partial charge in [-0.15, -0.1) is 11.3 Å². The largest absolute Gasteiger partial charge is 0.365 e. The Morgan fingerprint density at radius 1 is 1.13 bits per heavy atom. The summed E-state index contributed by atoms with van der Waals surface area (Å²) in [6.07, 6.45) is 0. The molecule has 3 heteroatoms. The van der Waals surface area contributed by atoms with E-state index in [-0.39, 0.29) is 5.91 Å². The van der Waals surface area contributed by atoms with Crippen molar-refractivity contribution in [1.82, 2.24) is 0 Å². The summed E-state index contributed by atoms with van der Waals surface area (Å²) in [5, 5.41) is 0. The molecule has 2 aromatic rings. The van der Waals surface area contributed by atoms with Crippen LogP contribution in [0.1, 0.15) is 15.2 Å². The number of primary amides is 1. The van der Waals surface area contributed by atoms with E-state index in [4.69, 9.17) is 5.73 Å². The predicted octanol–water partition coefficient (Wildman–Crippen LogP) is 2.82. The zero-order valence-electron chi connectivity index (χ0n) is 8.36. The van der Waals surface area contributed by atoms with E-state index in [1.165, 1.54) is 16.9 Å². The molecule has 2 nitrogen and oxygen atoms in total. The Morgan fingerprint density at radius 3 is 2.33 bits per heavy atom. The molecule has 2 rings (SSSR count). The Labute approximate surface area is 92.4 Å². The Bertz CT molecular complexity index is 485. The lowest BCUT2D eigenvalue weighted by Crippen LogP contribution is -2.07. The number of benzene rings is 1. The molecule has 1 aromatic carbocycles. The summed E-state index contributed by atoms with van der Waals surface area (Å²) in [6.45, 7) is 2.05. The van der Waals surface area contributed by atoms with Gasteiger partial charge in [-0.05, 0) is 24.6 Å². The lowest BCUT2D eigenvalue weighted by molar-refractivity contribution is 0.100. The van der Waals surface area contributed by atoms with Crippen molar-refractivity contribution >= 4 is 17.2 Å². The molecule has 0 bridgehead atoms. The molecule has 1 aromatic heterocycles. The minimum absolute atomic E-state index is 0.363. The molecule has 0 unspecified atom stereocenters. The number of hydrogen-bond donors (Lipinski definition) is 1. The van der Waals surface area contributed by atoms with E-state index in [2.05, 4.69) is 12.1 Å². The number of carbonyl (C=O) groups is 1. The van der Waals surface area contributed by atoms with E-state index in [1.54, 1.807) is 6.07 Å². The van der Waals surface area contributed by atoms with Crippen LogP contribution in [0, 0.1) is 6.92 Å². The van der Waals surface area contributed by atoms with Gasteiger partial charge in [-0.25, -0.2) is 0 Å². The fourth-order valence-corrected chi connectivity index (χ4v) is 2.21. The van der Waals surface area contributed by atoms with E-state index in [9.17, 15) is 4.79 Å². The molecule has 0 radical (unpaired) electrons. The van der Waals surface area contributed by atoms with Crippen molar-refractivity contribution in [2.45, 2.75) is 6.92 Å². The van der Waals surface area contributed by atoms with Crippen molar-refractivity contribution < 1.29 is 4.79 Å². The van der Waals surface area contributed by atoms with Crippen molar-refractivity contribution in [2.24, 2.45) is 5.73 Å². The average molecular weight is 217 g/mol. The highest BCUT2D eigenvalue weighted by Crippen LogP contribution is 2.27. The van der Waals surface area contributed by atoms with Crippen LogP contribution in [0.4, 0.5) is 0 Å². The first-order chi connectivity index (χ1) is 7.16. The van der Waals surface area contributed by atoms with Crippen LogP contribution in [0.15, 0.2) is 36.4 Å². The van der Waals surface area contributed by atoms with Gasteiger partial charge in [0.15, 0.2) is 0 Å². The van der Waals surface area contributed by atoms with Gasteiger partial charge in [0.05, 0.1) is 4.88 Å². The van der Waals surface area contributed by atoms with E-state index in [0.717, 1.165) is 10.4 Å². The Balaban J connectivity index is 2.37. The molecular formula is C12H11NOS. The van der Waals surface area contributed by atoms with Gasteiger partial charge in [-0.1, -0.05) is 29.8 Å². The summed E-state index contributed by atoms with van der Waals surface area (Å²) in [6, 6.07) is 11.9. The van der Waals surface area contributed by atoms with Gasteiger partial charge >= 0.3 is 0 Å². The molecule has 1 heterocycles. The van der Waals surface area contributed by atoms with Gasteiger partial charge in [0.2, 0.25) is 0 Å². The number of aryl methyl sites for hydroxylation is 1. The third-order valence-corrected chi connectivity index (χ3v) is 3.33. The van der Waals surface area contributed by atoms with Crippen LogP contribution in [0.2, 0.25) is 0 Å². The van der Waals surface area contributed by atoms with Crippen LogP contribution < -0.4 is 5.73 Å². The Kier molecular flexibility index (Phi) is 2.56. The Morgan fingerprint density at radius 2 is 1.80 bits per heavy atom. The summed E-state index contributed by atoms with van der Waals surface area (Å²) in [7, 11) is 0. The molecule has 0 aliphatic heterocycles. The van der Waals surface area contributed by atoms with Crippen LogP contribution >= 0.6 is 11.3 Å². The summed E-state index contributed by atoms with van der Waals surface area (Å²) in [4.78, 5) is 12.6. The molecule has 2 N–H and O–H groups in total. The van der Waals surface area contributed by atoms with Crippen molar-refractivity contribution in [2.75, 3.05) is 0 Å². The highest BCUT2D eigenvalue weighted by atomic mass is 32.1. The first-order valence-corrected chi connectivity index (χ1v) is 5.45. The maximum Gasteiger partial charge on any atom is 0.258 e. The molecule has 0 spiro atoms. The van der Waals surface area contributed by atoms with Crippen LogP contribution in [0.3, 0.4) is 0 Å². The van der Waals surface area contributed by atoms with Gasteiger partial charge in [0.25, 0.3) is 5.91 Å². The van der Waals surface area contributed by atoms with Gasteiger partial charge in [-0.2, -0.15) is 0 Å². The smallest absolute Gasteiger partial charge is 0.258 e. The SMILES string of the molecule is Cc1ccc(-c2ccc(C(N)=O)s2)cc1. The summed E-state index contributed by atoms with van der Waals surface area (Å²) in [5.74, 6) is -0.363. The number of hydrogen-bond acceptors (Lipinski definition) is 2. The second kappa shape index (κ2) is 3.87. The van der Waals surface area contributed by atoms with Gasteiger partial charge in [-0.3, -0.25) is 4.79 Å². The van der Waals surface area contributed by atoms with E-state index < -0.39 is 0 Å². The quantitative estimate of drug-likeness (QED) is 0.825.